The van der Waals surface area contributed by atoms with Crippen LogP contribution in [0.5, 0.6) is 0 Å². The molecule has 11 heavy (non-hydrogen) atoms. The second-order valence-electron chi connectivity index (χ2n) is 2.47. The van der Waals surface area contributed by atoms with Crippen molar-refractivity contribution >= 4 is 11.3 Å². The van der Waals surface area contributed by atoms with Crippen LogP contribution in [-0.4, -0.2) is 0 Å². The van der Waals surface area contributed by atoms with E-state index in [2.05, 4.69) is 6.07 Å². The lowest BCUT2D eigenvalue weighted by Gasteiger charge is -1.85. The van der Waals surface area contributed by atoms with Crippen LogP contribution in [0.15, 0.2) is 34.3 Å². The van der Waals surface area contributed by atoms with Crippen LogP contribution in [0.4, 0.5) is 0 Å². The van der Waals surface area contributed by atoms with E-state index >= 15 is 0 Å². The molecule has 0 saturated heterocycles. The largest absolute Gasteiger partial charge is 0.463 e. The summed E-state index contributed by atoms with van der Waals surface area (Å²) in [6.07, 6.45) is 1.77. The summed E-state index contributed by atoms with van der Waals surface area (Å²) >= 11 is 1.70. The number of hydrogen-bond acceptors (Lipinski definition) is 2. The Bertz CT molecular complexity index is 332. The Kier molecular flexibility index (Phi) is 1.55. The Morgan fingerprint density at radius 1 is 1.45 bits per heavy atom. The summed E-state index contributed by atoms with van der Waals surface area (Å²) in [6.45, 7) is 2.03. The topological polar surface area (TPSA) is 13.1 Å². The second-order valence-corrected chi connectivity index (χ2v) is 3.41. The molecule has 0 aliphatic heterocycles. The minimum Gasteiger partial charge on any atom is -0.463 e. The molecule has 0 radical (unpaired) electrons. The molecule has 2 aromatic rings. The van der Waals surface area contributed by atoms with Crippen LogP contribution in [0.3, 0.4) is 0 Å². The van der Waals surface area contributed by atoms with Gasteiger partial charge in [0.25, 0.3) is 0 Å². The summed E-state index contributed by atoms with van der Waals surface area (Å²) in [4.78, 5) is 1.19. The molecule has 0 aliphatic carbocycles. The molecular weight excluding hydrogens is 156 g/mol. The highest BCUT2D eigenvalue weighted by Gasteiger charge is 2.01. The molecule has 2 aromatic heterocycles. The molecule has 0 amide bonds. The van der Waals surface area contributed by atoms with Crippen LogP contribution < -0.4 is 0 Å². The van der Waals surface area contributed by atoms with Crippen LogP contribution in [0.25, 0.3) is 10.6 Å². The summed E-state index contributed by atoms with van der Waals surface area (Å²) in [5, 5.41) is 2.05. The normalized spacial score (nSPS) is 10.3. The summed E-state index contributed by atoms with van der Waals surface area (Å²) in [5.41, 5.74) is 1.17. The zero-order valence-electron chi connectivity index (χ0n) is 6.20. The van der Waals surface area contributed by atoms with Crippen LogP contribution in [-0.2, 0) is 0 Å². The fraction of sp³-hybridized carbons (Fsp3) is 0.111. The predicted molar refractivity (Wildman–Crippen MR) is 46.8 cm³/mol. The first-order valence-electron chi connectivity index (χ1n) is 3.45. The maximum atomic E-state index is 5.32. The quantitative estimate of drug-likeness (QED) is 0.630. The van der Waals surface area contributed by atoms with Gasteiger partial charge in [-0.15, -0.1) is 11.3 Å². The van der Waals surface area contributed by atoms with Crippen molar-refractivity contribution in [3.05, 3.63) is 35.4 Å². The molecule has 1 nitrogen and oxygen atoms in total. The average molecular weight is 164 g/mol. The summed E-state index contributed by atoms with van der Waals surface area (Å²) < 4.78 is 5.32. The van der Waals surface area contributed by atoms with Gasteiger partial charge in [0.2, 0.25) is 0 Å². The third-order valence-electron chi connectivity index (χ3n) is 1.49. The zero-order valence-corrected chi connectivity index (χ0v) is 7.02. The average Bonchev–Trinajstić information content (AvgIpc) is 2.55. The standard InChI is InChI=1S/C9H8OS/c1-7-5-8(10-6-7)9-3-2-4-11-9/h2-6H,1H3. The van der Waals surface area contributed by atoms with Gasteiger partial charge in [0, 0.05) is 0 Å². The van der Waals surface area contributed by atoms with Gasteiger partial charge in [0.05, 0.1) is 11.1 Å². The van der Waals surface area contributed by atoms with Crippen molar-refractivity contribution in [1.29, 1.82) is 0 Å². The van der Waals surface area contributed by atoms with Gasteiger partial charge in [0.15, 0.2) is 0 Å². The van der Waals surface area contributed by atoms with E-state index < -0.39 is 0 Å². The summed E-state index contributed by atoms with van der Waals surface area (Å²) in [6, 6.07) is 6.13. The predicted octanol–water partition coefficient (Wildman–Crippen LogP) is 3.32. The maximum absolute atomic E-state index is 5.32. The van der Waals surface area contributed by atoms with Crippen molar-refractivity contribution in [3.8, 4) is 10.6 Å². The van der Waals surface area contributed by atoms with Crippen LogP contribution in [0.1, 0.15) is 5.56 Å². The third kappa shape index (κ3) is 1.21. The van der Waals surface area contributed by atoms with Gasteiger partial charge >= 0.3 is 0 Å². The number of furan rings is 1. The van der Waals surface area contributed by atoms with Crippen molar-refractivity contribution in [3.63, 3.8) is 0 Å². The Labute approximate surface area is 69.3 Å². The van der Waals surface area contributed by atoms with Crippen LogP contribution in [0.2, 0.25) is 0 Å². The molecule has 0 fully saturated rings. The van der Waals surface area contributed by atoms with Crippen molar-refractivity contribution in [2.75, 3.05) is 0 Å². The first kappa shape index (κ1) is 6.68. The maximum Gasteiger partial charge on any atom is 0.144 e. The molecule has 0 aliphatic rings. The molecule has 0 spiro atoms. The van der Waals surface area contributed by atoms with Gasteiger partial charge in [0.1, 0.15) is 5.76 Å². The molecule has 0 bridgehead atoms. The van der Waals surface area contributed by atoms with Crippen molar-refractivity contribution in [2.45, 2.75) is 6.92 Å². The van der Waals surface area contributed by atoms with Crippen LogP contribution >= 0.6 is 11.3 Å². The van der Waals surface area contributed by atoms with E-state index in [-0.39, 0.29) is 0 Å². The molecule has 2 heterocycles. The molecule has 0 saturated carbocycles. The molecule has 0 unspecified atom stereocenters. The van der Waals surface area contributed by atoms with Gasteiger partial charge in [-0.05, 0) is 30.0 Å². The number of rotatable bonds is 1. The Hall–Kier alpha value is -1.02. The fourth-order valence-corrected chi connectivity index (χ4v) is 1.66. The van der Waals surface area contributed by atoms with E-state index in [1.54, 1.807) is 17.6 Å². The van der Waals surface area contributed by atoms with E-state index in [0.717, 1.165) is 5.76 Å². The molecule has 2 heteroatoms. The van der Waals surface area contributed by atoms with Gasteiger partial charge in [-0.25, -0.2) is 0 Å². The Morgan fingerprint density at radius 3 is 2.91 bits per heavy atom. The van der Waals surface area contributed by atoms with Crippen molar-refractivity contribution in [2.24, 2.45) is 0 Å². The molecule has 0 N–H and O–H groups in total. The summed E-state index contributed by atoms with van der Waals surface area (Å²) in [5.74, 6) is 0.970. The van der Waals surface area contributed by atoms with Gasteiger partial charge in [-0.3, -0.25) is 0 Å². The lowest BCUT2D eigenvalue weighted by molar-refractivity contribution is 0.581. The fourth-order valence-electron chi connectivity index (χ4n) is 0.979. The van der Waals surface area contributed by atoms with E-state index in [9.17, 15) is 0 Å². The van der Waals surface area contributed by atoms with E-state index in [0.29, 0.717) is 0 Å². The van der Waals surface area contributed by atoms with Crippen molar-refractivity contribution < 1.29 is 4.42 Å². The third-order valence-corrected chi connectivity index (χ3v) is 2.38. The number of hydrogen-bond donors (Lipinski definition) is 0. The first-order chi connectivity index (χ1) is 5.36. The minimum atomic E-state index is 0.970. The van der Waals surface area contributed by atoms with Gasteiger partial charge in [-0.1, -0.05) is 6.07 Å². The van der Waals surface area contributed by atoms with Gasteiger partial charge in [-0.2, -0.15) is 0 Å². The molecule has 56 valence electrons. The lowest BCUT2D eigenvalue weighted by atomic mass is 10.3. The zero-order chi connectivity index (χ0) is 7.68. The number of thiophene rings is 1. The lowest BCUT2D eigenvalue weighted by Crippen LogP contribution is -1.60. The first-order valence-corrected chi connectivity index (χ1v) is 4.33. The monoisotopic (exact) mass is 164 g/mol. The highest BCUT2D eigenvalue weighted by Crippen LogP contribution is 2.25. The minimum absolute atomic E-state index is 0.970. The van der Waals surface area contributed by atoms with Crippen molar-refractivity contribution in [1.82, 2.24) is 0 Å². The Morgan fingerprint density at radius 2 is 2.36 bits per heavy atom. The summed E-state index contributed by atoms with van der Waals surface area (Å²) in [7, 11) is 0. The SMILES string of the molecule is Cc1coc(-c2cccs2)c1. The Balaban J connectivity index is 2.45. The molecule has 2 rings (SSSR count). The van der Waals surface area contributed by atoms with Gasteiger partial charge < -0.3 is 4.42 Å². The number of aryl methyl sites for hydroxylation is 1. The smallest absolute Gasteiger partial charge is 0.144 e. The molecular formula is C9H8OS. The molecule has 0 atom stereocenters. The second kappa shape index (κ2) is 2.55. The van der Waals surface area contributed by atoms with E-state index in [4.69, 9.17) is 4.42 Å². The van der Waals surface area contributed by atoms with E-state index in [1.807, 2.05) is 24.4 Å². The highest BCUT2D eigenvalue weighted by molar-refractivity contribution is 7.13. The molecule has 0 aromatic carbocycles. The van der Waals surface area contributed by atoms with Crippen LogP contribution in [0, 0.1) is 6.92 Å². The highest BCUT2D eigenvalue weighted by atomic mass is 32.1. The van der Waals surface area contributed by atoms with E-state index in [1.165, 1.54) is 10.4 Å².